The van der Waals surface area contributed by atoms with Crippen molar-refractivity contribution in [3.8, 4) is 5.75 Å². The summed E-state index contributed by atoms with van der Waals surface area (Å²) >= 11 is 0. The Balaban J connectivity index is 2.10. The molecule has 1 aromatic heterocycles. The number of halogens is 2. The first-order valence-corrected chi connectivity index (χ1v) is 7.54. The fourth-order valence-corrected chi connectivity index (χ4v) is 2.64. The smallest absolute Gasteiger partial charge is 0.297 e. The van der Waals surface area contributed by atoms with Crippen molar-refractivity contribution in [2.45, 2.75) is 19.4 Å². The summed E-state index contributed by atoms with van der Waals surface area (Å²) in [4.78, 5) is 9.82. The summed E-state index contributed by atoms with van der Waals surface area (Å²) < 4.78 is 26.3. The van der Waals surface area contributed by atoms with Crippen molar-refractivity contribution in [1.82, 2.24) is 9.97 Å². The van der Waals surface area contributed by atoms with Crippen LogP contribution < -0.4 is 4.90 Å². The Kier molecular flexibility index (Phi) is 4.29. The van der Waals surface area contributed by atoms with Crippen LogP contribution in [0.3, 0.4) is 0 Å². The summed E-state index contributed by atoms with van der Waals surface area (Å²) in [6, 6.07) is 13.8. The van der Waals surface area contributed by atoms with Gasteiger partial charge in [0.1, 0.15) is 11.6 Å². The van der Waals surface area contributed by atoms with E-state index in [0.717, 1.165) is 5.56 Å². The molecule has 0 radical (unpaired) electrons. The average Bonchev–Trinajstić information content (AvgIpc) is 2.59. The normalized spacial score (nSPS) is 12.5. The minimum atomic E-state index is -2.74. The number of rotatable bonds is 4. The number of fused-ring (bicyclic) bond motifs is 1. The lowest BCUT2D eigenvalue weighted by atomic mass is 10.1. The number of phenolic OH excluding ortho intramolecular Hbond substituents is 1. The van der Waals surface area contributed by atoms with Gasteiger partial charge in [-0.2, -0.15) is 0 Å². The lowest BCUT2D eigenvalue weighted by molar-refractivity contribution is 0.141. The Bertz CT molecular complexity index is 870. The maximum atomic E-state index is 13.1. The van der Waals surface area contributed by atoms with E-state index in [4.69, 9.17) is 0 Å². The zero-order chi connectivity index (χ0) is 17.3. The fraction of sp³-hybridized carbons (Fsp3) is 0.222. The third kappa shape index (κ3) is 2.99. The van der Waals surface area contributed by atoms with E-state index in [9.17, 15) is 13.9 Å². The summed E-state index contributed by atoms with van der Waals surface area (Å²) in [5.41, 5.74) is 1.34. The van der Waals surface area contributed by atoms with Crippen LogP contribution in [0.5, 0.6) is 5.75 Å². The van der Waals surface area contributed by atoms with Crippen LogP contribution >= 0.6 is 0 Å². The van der Waals surface area contributed by atoms with E-state index in [2.05, 4.69) is 9.97 Å². The van der Waals surface area contributed by atoms with Crippen LogP contribution in [0.15, 0.2) is 48.5 Å². The molecule has 2 aromatic carbocycles. The van der Waals surface area contributed by atoms with Crippen molar-refractivity contribution in [2.24, 2.45) is 0 Å². The first-order chi connectivity index (χ1) is 11.5. The Morgan fingerprint density at radius 1 is 1.04 bits per heavy atom. The summed E-state index contributed by atoms with van der Waals surface area (Å²) in [6.07, 6.45) is -2.74. The molecule has 3 rings (SSSR count). The highest BCUT2D eigenvalue weighted by Crippen LogP contribution is 2.32. The minimum Gasteiger partial charge on any atom is -0.508 e. The number of aromatic hydroxyl groups is 1. The lowest BCUT2D eigenvalue weighted by Crippen LogP contribution is -2.23. The molecule has 1 N–H and O–H groups in total. The van der Waals surface area contributed by atoms with Gasteiger partial charge >= 0.3 is 0 Å². The molecule has 0 fully saturated rings. The van der Waals surface area contributed by atoms with Crippen molar-refractivity contribution < 1.29 is 13.9 Å². The van der Waals surface area contributed by atoms with Crippen LogP contribution in [0.1, 0.15) is 30.8 Å². The van der Waals surface area contributed by atoms with Gasteiger partial charge in [-0.05, 0) is 36.8 Å². The molecule has 0 amide bonds. The number of para-hydroxylation sites is 1. The molecular weight excluding hydrogens is 312 g/mol. The van der Waals surface area contributed by atoms with E-state index < -0.39 is 12.2 Å². The first kappa shape index (κ1) is 16.1. The minimum absolute atomic E-state index is 0.161. The van der Waals surface area contributed by atoms with Crippen LogP contribution in [0.4, 0.5) is 14.6 Å². The number of hydrogen-bond donors (Lipinski definition) is 1. The monoisotopic (exact) mass is 329 g/mol. The Hall–Kier alpha value is -2.76. The van der Waals surface area contributed by atoms with Crippen LogP contribution in [-0.2, 0) is 0 Å². The van der Waals surface area contributed by atoms with Gasteiger partial charge < -0.3 is 10.0 Å². The predicted molar refractivity (Wildman–Crippen MR) is 89.4 cm³/mol. The van der Waals surface area contributed by atoms with E-state index in [1.165, 1.54) is 0 Å². The molecule has 3 aromatic rings. The van der Waals surface area contributed by atoms with E-state index in [1.54, 1.807) is 37.4 Å². The van der Waals surface area contributed by atoms with Crippen molar-refractivity contribution in [3.05, 3.63) is 59.9 Å². The number of hydrogen-bond acceptors (Lipinski definition) is 4. The topological polar surface area (TPSA) is 49.2 Å². The third-order valence-electron chi connectivity index (χ3n) is 4.06. The summed E-state index contributed by atoms with van der Waals surface area (Å²) in [6.45, 7) is 1.92. The summed E-state index contributed by atoms with van der Waals surface area (Å²) in [7, 11) is 1.79. The first-order valence-electron chi connectivity index (χ1n) is 7.54. The molecule has 0 saturated carbocycles. The largest absolute Gasteiger partial charge is 0.508 e. The van der Waals surface area contributed by atoms with Crippen LogP contribution in [0.2, 0.25) is 0 Å². The number of alkyl halides is 2. The molecule has 0 aliphatic heterocycles. The Labute approximate surface area is 138 Å². The fourth-order valence-electron chi connectivity index (χ4n) is 2.64. The summed E-state index contributed by atoms with van der Waals surface area (Å²) in [5, 5.41) is 10.4. The second kappa shape index (κ2) is 6.39. The van der Waals surface area contributed by atoms with Gasteiger partial charge in [-0.15, -0.1) is 0 Å². The molecule has 24 heavy (non-hydrogen) atoms. The molecule has 6 heteroatoms. The van der Waals surface area contributed by atoms with Gasteiger partial charge in [0.05, 0.1) is 11.6 Å². The van der Waals surface area contributed by atoms with Gasteiger partial charge in [-0.1, -0.05) is 24.3 Å². The van der Waals surface area contributed by atoms with E-state index in [-0.39, 0.29) is 11.8 Å². The number of benzene rings is 2. The highest BCUT2D eigenvalue weighted by Gasteiger charge is 2.20. The Morgan fingerprint density at radius 3 is 2.50 bits per heavy atom. The molecular formula is C18H17F2N3O. The maximum absolute atomic E-state index is 13.1. The second-order valence-corrected chi connectivity index (χ2v) is 5.61. The maximum Gasteiger partial charge on any atom is 0.297 e. The van der Waals surface area contributed by atoms with Crippen LogP contribution in [0.25, 0.3) is 10.9 Å². The van der Waals surface area contributed by atoms with E-state index in [0.29, 0.717) is 16.7 Å². The van der Waals surface area contributed by atoms with Crippen molar-refractivity contribution in [1.29, 1.82) is 0 Å². The zero-order valence-electron chi connectivity index (χ0n) is 13.3. The van der Waals surface area contributed by atoms with Crippen LogP contribution in [0, 0.1) is 0 Å². The number of phenols is 1. The highest BCUT2D eigenvalue weighted by molar-refractivity contribution is 5.89. The van der Waals surface area contributed by atoms with Crippen molar-refractivity contribution >= 4 is 16.7 Å². The standard InChI is InChI=1S/C18H17F2N3O/c1-11(12-6-5-7-13(24)10-12)23(2)18-14-8-3-4-9-15(14)21-17(22-18)16(19)20/h3-11,16,24H,1-2H3. The molecule has 1 heterocycles. The number of aromatic nitrogens is 2. The number of anilines is 1. The summed E-state index contributed by atoms with van der Waals surface area (Å²) in [5.74, 6) is 0.110. The molecule has 0 aliphatic rings. The molecule has 1 unspecified atom stereocenters. The van der Waals surface area contributed by atoms with Gasteiger partial charge in [0, 0.05) is 12.4 Å². The van der Waals surface area contributed by atoms with Crippen molar-refractivity contribution in [2.75, 3.05) is 11.9 Å². The van der Waals surface area contributed by atoms with Crippen LogP contribution in [-0.4, -0.2) is 22.1 Å². The molecule has 1 atom stereocenters. The van der Waals surface area contributed by atoms with Crippen molar-refractivity contribution in [3.63, 3.8) is 0 Å². The molecule has 124 valence electrons. The molecule has 0 aliphatic carbocycles. The molecule has 0 spiro atoms. The van der Waals surface area contributed by atoms with E-state index >= 15 is 0 Å². The quantitative estimate of drug-likeness (QED) is 0.767. The van der Waals surface area contributed by atoms with E-state index in [1.807, 2.05) is 30.0 Å². The van der Waals surface area contributed by atoms with Gasteiger partial charge in [-0.3, -0.25) is 0 Å². The third-order valence-corrected chi connectivity index (χ3v) is 4.06. The Morgan fingerprint density at radius 2 is 1.79 bits per heavy atom. The molecule has 0 bridgehead atoms. The highest BCUT2D eigenvalue weighted by atomic mass is 19.3. The average molecular weight is 329 g/mol. The SMILES string of the molecule is CC(c1cccc(O)c1)N(C)c1nc(C(F)F)nc2ccccc12. The zero-order valence-corrected chi connectivity index (χ0v) is 13.3. The second-order valence-electron chi connectivity index (χ2n) is 5.61. The van der Waals surface area contributed by atoms with Gasteiger partial charge in [0.15, 0.2) is 5.82 Å². The predicted octanol–water partition coefficient (Wildman–Crippen LogP) is 4.47. The molecule has 0 saturated heterocycles. The van der Waals surface area contributed by atoms with Gasteiger partial charge in [0.2, 0.25) is 0 Å². The van der Waals surface area contributed by atoms with Gasteiger partial charge in [-0.25, -0.2) is 18.7 Å². The lowest BCUT2D eigenvalue weighted by Gasteiger charge is -2.27. The van der Waals surface area contributed by atoms with Gasteiger partial charge in [0.25, 0.3) is 6.43 Å². The number of nitrogens with zero attached hydrogens (tertiary/aromatic N) is 3. The molecule has 4 nitrogen and oxygen atoms in total.